The number of rotatable bonds is 6. The number of hydrogen-bond acceptors (Lipinski definition) is 7. The molecule has 0 unspecified atom stereocenters. The number of nitrogens with two attached hydrogens (primary N) is 2. The van der Waals surface area contributed by atoms with Gasteiger partial charge in [-0.05, 0) is 36.4 Å². The van der Waals surface area contributed by atoms with Crippen LogP contribution in [-0.4, -0.2) is 47.6 Å². The van der Waals surface area contributed by atoms with Crippen molar-refractivity contribution < 1.29 is 23.9 Å². The molecule has 33 heavy (non-hydrogen) atoms. The van der Waals surface area contributed by atoms with Gasteiger partial charge in [0.05, 0.1) is 19.9 Å². The first-order valence-corrected chi connectivity index (χ1v) is 9.63. The third-order valence-corrected chi connectivity index (χ3v) is 4.49. The van der Waals surface area contributed by atoms with E-state index in [0.29, 0.717) is 17.1 Å². The second-order valence-electron chi connectivity index (χ2n) is 6.78. The molecule has 2 aromatic carbocycles. The Hall–Kier alpha value is -4.67. The summed E-state index contributed by atoms with van der Waals surface area (Å²) in [5.74, 6) is -1.76. The molecular formula is C22H22N6O5. The third-order valence-electron chi connectivity index (χ3n) is 4.49. The van der Waals surface area contributed by atoms with Crippen molar-refractivity contribution in [2.45, 2.75) is 6.92 Å². The molecule has 0 fully saturated rings. The average Bonchev–Trinajstić information content (AvgIpc) is 3.17. The highest BCUT2D eigenvalue weighted by atomic mass is 16.5. The zero-order valence-electron chi connectivity index (χ0n) is 18.2. The van der Waals surface area contributed by atoms with E-state index >= 15 is 0 Å². The fourth-order valence-corrected chi connectivity index (χ4v) is 2.96. The van der Waals surface area contributed by atoms with Gasteiger partial charge >= 0.3 is 5.97 Å². The van der Waals surface area contributed by atoms with E-state index in [9.17, 15) is 14.4 Å². The monoisotopic (exact) mass is 450 g/mol. The largest absolute Gasteiger partial charge is 0.497 e. The van der Waals surface area contributed by atoms with E-state index in [1.165, 1.54) is 38.0 Å². The van der Waals surface area contributed by atoms with Crippen molar-refractivity contribution in [2.24, 2.45) is 10.7 Å². The number of esters is 1. The van der Waals surface area contributed by atoms with Crippen LogP contribution in [0.1, 0.15) is 33.5 Å². The van der Waals surface area contributed by atoms with E-state index in [2.05, 4.69) is 15.4 Å². The smallest absolute Gasteiger partial charge is 0.359 e. The predicted octanol–water partition coefficient (Wildman–Crippen LogP) is 1.75. The van der Waals surface area contributed by atoms with Crippen LogP contribution in [0, 0.1) is 0 Å². The van der Waals surface area contributed by atoms with Gasteiger partial charge in [0, 0.05) is 24.2 Å². The average molecular weight is 450 g/mol. The number of nitrogens with zero attached hydrogens (tertiary/aromatic N) is 3. The lowest BCUT2D eigenvalue weighted by Crippen LogP contribution is -2.20. The number of hydrogen-bond donors (Lipinski definition) is 3. The first-order valence-electron chi connectivity index (χ1n) is 9.63. The number of anilines is 2. The summed E-state index contributed by atoms with van der Waals surface area (Å²) in [6, 6.07) is 12.8. The molecule has 5 N–H and O–H groups in total. The van der Waals surface area contributed by atoms with E-state index in [0.717, 1.165) is 0 Å². The number of ether oxygens (including phenoxy) is 2. The van der Waals surface area contributed by atoms with Crippen LogP contribution in [0.4, 0.5) is 11.4 Å². The molecule has 0 aliphatic heterocycles. The Bertz CT molecular complexity index is 1250. The fraction of sp³-hybridized carbons (Fsp3) is 0.136. The lowest BCUT2D eigenvalue weighted by molar-refractivity contribution is -0.114. The summed E-state index contributed by atoms with van der Waals surface area (Å²) in [5, 5.41) is 6.89. The Kier molecular flexibility index (Phi) is 6.72. The van der Waals surface area contributed by atoms with E-state index < -0.39 is 17.8 Å². The second-order valence-corrected chi connectivity index (χ2v) is 6.78. The molecule has 170 valence electrons. The number of aromatic nitrogens is 2. The van der Waals surface area contributed by atoms with Crippen molar-refractivity contribution in [1.82, 2.24) is 9.78 Å². The number of carbonyl (C=O) groups excluding carboxylic acids is 3. The minimum atomic E-state index is -0.794. The van der Waals surface area contributed by atoms with Crippen molar-refractivity contribution in [3.63, 3.8) is 0 Å². The Morgan fingerprint density at radius 3 is 2.39 bits per heavy atom. The Balaban J connectivity index is 2.19. The number of amides is 2. The van der Waals surface area contributed by atoms with Crippen molar-refractivity contribution in [3.8, 4) is 11.4 Å². The normalized spacial score (nSPS) is 11.1. The molecule has 0 radical (unpaired) electrons. The summed E-state index contributed by atoms with van der Waals surface area (Å²) in [7, 11) is 2.68. The highest BCUT2D eigenvalue weighted by Crippen LogP contribution is 2.27. The summed E-state index contributed by atoms with van der Waals surface area (Å²) >= 11 is 0. The number of benzene rings is 2. The standard InChI is InChI=1S/C22H22N6O5/c1-12(29)25-17-18(20(24)26-21(30)13-7-9-14(23)10-8-13)27-28(19(17)22(31)33-3)15-5-4-6-16(11-15)32-2/h4-11H,23H2,1-3H3,(H,25,29)(H2,24,26,30). The van der Waals surface area contributed by atoms with Crippen LogP contribution in [0.3, 0.4) is 0 Å². The van der Waals surface area contributed by atoms with Gasteiger partial charge in [0.2, 0.25) is 5.91 Å². The van der Waals surface area contributed by atoms with E-state index in [1.807, 2.05) is 0 Å². The van der Waals surface area contributed by atoms with Crippen LogP contribution in [0.2, 0.25) is 0 Å². The number of nitrogens with one attached hydrogen (secondary N) is 1. The second kappa shape index (κ2) is 9.64. The number of methoxy groups -OCH3 is 2. The molecule has 11 heteroatoms. The predicted molar refractivity (Wildman–Crippen MR) is 122 cm³/mol. The van der Waals surface area contributed by atoms with Crippen LogP contribution in [0.5, 0.6) is 5.75 Å². The van der Waals surface area contributed by atoms with Crippen LogP contribution in [-0.2, 0) is 9.53 Å². The lowest BCUT2D eigenvalue weighted by Gasteiger charge is -2.09. The van der Waals surface area contributed by atoms with Crippen LogP contribution >= 0.6 is 0 Å². The molecule has 1 aromatic heterocycles. The SMILES string of the molecule is COC(=O)c1c(NC(C)=O)c(C(N)=NC(=O)c2ccc(N)cc2)nn1-c1cccc(OC)c1. The molecule has 0 aliphatic rings. The quantitative estimate of drug-likeness (QED) is 0.221. The van der Waals surface area contributed by atoms with Gasteiger partial charge in [-0.2, -0.15) is 10.1 Å². The zero-order valence-corrected chi connectivity index (χ0v) is 18.2. The minimum Gasteiger partial charge on any atom is -0.497 e. The van der Waals surface area contributed by atoms with Crippen molar-refractivity contribution in [1.29, 1.82) is 0 Å². The van der Waals surface area contributed by atoms with Gasteiger partial charge in [0.25, 0.3) is 5.91 Å². The third kappa shape index (κ3) is 4.98. The number of nitrogen functional groups attached to an aromatic ring is 1. The van der Waals surface area contributed by atoms with Crippen molar-refractivity contribution in [3.05, 3.63) is 65.5 Å². The number of amidine groups is 1. The maximum atomic E-state index is 12.7. The molecule has 0 atom stereocenters. The molecule has 0 bridgehead atoms. The molecule has 2 amide bonds. The first-order chi connectivity index (χ1) is 15.7. The van der Waals surface area contributed by atoms with Gasteiger partial charge in [-0.3, -0.25) is 9.59 Å². The van der Waals surface area contributed by atoms with Crippen LogP contribution < -0.4 is 21.5 Å². The van der Waals surface area contributed by atoms with Gasteiger partial charge in [-0.15, -0.1) is 0 Å². The van der Waals surface area contributed by atoms with Crippen LogP contribution in [0.15, 0.2) is 53.5 Å². The number of aliphatic imine (C=N–C) groups is 1. The van der Waals surface area contributed by atoms with Gasteiger partial charge in [0.1, 0.15) is 11.4 Å². The van der Waals surface area contributed by atoms with E-state index in [4.69, 9.17) is 20.9 Å². The zero-order chi connectivity index (χ0) is 24.1. The van der Waals surface area contributed by atoms with Crippen LogP contribution in [0.25, 0.3) is 5.69 Å². The molecule has 0 saturated heterocycles. The van der Waals surface area contributed by atoms with Gasteiger partial charge in [-0.1, -0.05) is 6.07 Å². The molecular weight excluding hydrogens is 428 g/mol. The van der Waals surface area contributed by atoms with Crippen molar-refractivity contribution >= 4 is 35.0 Å². The van der Waals surface area contributed by atoms with E-state index in [1.54, 1.807) is 36.4 Å². The van der Waals surface area contributed by atoms with Crippen molar-refractivity contribution in [2.75, 3.05) is 25.3 Å². The maximum Gasteiger partial charge on any atom is 0.359 e. The molecule has 3 aromatic rings. The summed E-state index contributed by atoms with van der Waals surface area (Å²) in [6.07, 6.45) is 0. The summed E-state index contributed by atoms with van der Waals surface area (Å²) in [4.78, 5) is 41.0. The Morgan fingerprint density at radius 2 is 1.79 bits per heavy atom. The molecule has 0 saturated carbocycles. The molecule has 1 heterocycles. The van der Waals surface area contributed by atoms with Gasteiger partial charge in [0.15, 0.2) is 17.2 Å². The maximum absolute atomic E-state index is 12.7. The molecule has 3 rings (SSSR count). The highest BCUT2D eigenvalue weighted by Gasteiger charge is 2.28. The molecule has 0 spiro atoms. The lowest BCUT2D eigenvalue weighted by atomic mass is 10.2. The summed E-state index contributed by atoms with van der Waals surface area (Å²) in [5.41, 5.74) is 12.6. The summed E-state index contributed by atoms with van der Waals surface area (Å²) in [6.45, 7) is 1.25. The highest BCUT2D eigenvalue weighted by molar-refractivity contribution is 6.14. The topological polar surface area (TPSA) is 164 Å². The molecule has 0 aliphatic carbocycles. The fourth-order valence-electron chi connectivity index (χ4n) is 2.96. The van der Waals surface area contributed by atoms with Gasteiger partial charge < -0.3 is 26.3 Å². The van der Waals surface area contributed by atoms with Gasteiger partial charge in [-0.25, -0.2) is 9.48 Å². The summed E-state index contributed by atoms with van der Waals surface area (Å²) < 4.78 is 11.4. The minimum absolute atomic E-state index is 0.0523. The first kappa shape index (κ1) is 23.0. The molecule has 11 nitrogen and oxygen atoms in total. The van der Waals surface area contributed by atoms with E-state index in [-0.39, 0.29) is 28.5 Å². The Labute approximate surface area is 189 Å². The Morgan fingerprint density at radius 1 is 1.09 bits per heavy atom. The number of carbonyl (C=O) groups is 3.